The molecule has 0 radical (unpaired) electrons. The molecule has 2 aromatic heterocycles. The summed E-state index contributed by atoms with van der Waals surface area (Å²) >= 11 is 3.41. The van der Waals surface area contributed by atoms with E-state index in [4.69, 9.17) is 0 Å². The Kier molecular flexibility index (Phi) is 3.08. The Morgan fingerprint density at radius 3 is 2.56 bits per heavy atom. The van der Waals surface area contributed by atoms with Gasteiger partial charge in [0, 0.05) is 27.6 Å². The SMILES string of the molecule is Brc1cnc2c(ccc3cccnc32)c1.Cl. The summed E-state index contributed by atoms with van der Waals surface area (Å²) in [6.45, 7) is 0. The second-order valence-corrected chi connectivity index (χ2v) is 4.28. The standard InChI is InChI=1S/C12H7BrN2.ClH/c13-10-6-9-4-3-8-2-1-5-14-11(8)12(9)15-7-10;/h1-7H;1H. The van der Waals surface area contributed by atoms with Crippen molar-refractivity contribution in [1.29, 1.82) is 0 Å². The molecule has 0 saturated heterocycles. The van der Waals surface area contributed by atoms with Crippen molar-refractivity contribution in [3.63, 3.8) is 0 Å². The number of aromatic nitrogens is 2. The van der Waals surface area contributed by atoms with Crippen molar-refractivity contribution in [1.82, 2.24) is 9.97 Å². The van der Waals surface area contributed by atoms with Crippen LogP contribution < -0.4 is 0 Å². The lowest BCUT2D eigenvalue weighted by molar-refractivity contribution is 1.36. The number of fused-ring (bicyclic) bond motifs is 3. The van der Waals surface area contributed by atoms with Crippen molar-refractivity contribution in [2.24, 2.45) is 0 Å². The Hall–Kier alpha value is -1.19. The largest absolute Gasteiger partial charge is 0.254 e. The highest BCUT2D eigenvalue weighted by molar-refractivity contribution is 9.10. The van der Waals surface area contributed by atoms with E-state index in [1.54, 1.807) is 12.4 Å². The summed E-state index contributed by atoms with van der Waals surface area (Å²) in [5.74, 6) is 0. The first-order chi connectivity index (χ1) is 7.34. The molecular weight excluding hydrogens is 288 g/mol. The fourth-order valence-electron chi connectivity index (χ4n) is 1.71. The summed E-state index contributed by atoms with van der Waals surface area (Å²) in [6, 6.07) is 10.2. The zero-order valence-corrected chi connectivity index (χ0v) is 10.6. The van der Waals surface area contributed by atoms with E-state index in [0.717, 1.165) is 26.3 Å². The molecule has 0 N–H and O–H groups in total. The molecule has 0 aliphatic carbocycles. The summed E-state index contributed by atoms with van der Waals surface area (Å²) in [5.41, 5.74) is 1.92. The minimum absolute atomic E-state index is 0. The molecule has 3 aromatic rings. The Labute approximate surface area is 107 Å². The zero-order valence-electron chi connectivity index (χ0n) is 8.22. The van der Waals surface area contributed by atoms with Gasteiger partial charge in [0.2, 0.25) is 0 Å². The van der Waals surface area contributed by atoms with Gasteiger partial charge in [0.15, 0.2) is 0 Å². The molecule has 2 nitrogen and oxygen atoms in total. The molecule has 0 bridgehead atoms. The fraction of sp³-hybridized carbons (Fsp3) is 0. The van der Waals surface area contributed by atoms with Crippen LogP contribution in [0.2, 0.25) is 0 Å². The van der Waals surface area contributed by atoms with Gasteiger partial charge >= 0.3 is 0 Å². The molecule has 0 saturated carbocycles. The second-order valence-electron chi connectivity index (χ2n) is 3.37. The van der Waals surface area contributed by atoms with Crippen molar-refractivity contribution in [2.75, 3.05) is 0 Å². The van der Waals surface area contributed by atoms with E-state index in [-0.39, 0.29) is 12.4 Å². The number of rotatable bonds is 0. The van der Waals surface area contributed by atoms with Gasteiger partial charge in [0.05, 0.1) is 11.0 Å². The van der Waals surface area contributed by atoms with Crippen LogP contribution in [-0.4, -0.2) is 9.97 Å². The summed E-state index contributed by atoms with van der Waals surface area (Å²) < 4.78 is 0.991. The maximum absolute atomic E-state index is 4.40. The molecule has 16 heavy (non-hydrogen) atoms. The van der Waals surface area contributed by atoms with E-state index < -0.39 is 0 Å². The number of pyridine rings is 2. The van der Waals surface area contributed by atoms with Gasteiger partial charge in [0.25, 0.3) is 0 Å². The van der Waals surface area contributed by atoms with Crippen molar-refractivity contribution < 1.29 is 0 Å². The molecule has 0 aliphatic heterocycles. The van der Waals surface area contributed by atoms with Crippen LogP contribution in [0.4, 0.5) is 0 Å². The van der Waals surface area contributed by atoms with Crippen molar-refractivity contribution >= 4 is 50.1 Å². The number of benzene rings is 1. The first-order valence-electron chi connectivity index (χ1n) is 4.63. The maximum atomic E-state index is 4.40. The Bertz CT molecular complexity index is 655. The van der Waals surface area contributed by atoms with Gasteiger partial charge in [-0.25, -0.2) is 0 Å². The van der Waals surface area contributed by atoms with E-state index in [2.05, 4.69) is 44.1 Å². The highest BCUT2D eigenvalue weighted by Crippen LogP contribution is 2.23. The van der Waals surface area contributed by atoms with Gasteiger partial charge in [0.1, 0.15) is 0 Å². The highest BCUT2D eigenvalue weighted by Gasteiger charge is 2.02. The van der Waals surface area contributed by atoms with Gasteiger partial charge in [-0.1, -0.05) is 18.2 Å². The maximum Gasteiger partial charge on any atom is 0.0965 e. The van der Waals surface area contributed by atoms with Crippen LogP contribution in [0.1, 0.15) is 0 Å². The molecule has 0 atom stereocenters. The zero-order chi connectivity index (χ0) is 10.3. The summed E-state index contributed by atoms with van der Waals surface area (Å²) in [7, 11) is 0. The molecule has 0 spiro atoms. The molecule has 0 fully saturated rings. The third-order valence-corrected chi connectivity index (χ3v) is 2.82. The quantitative estimate of drug-likeness (QED) is 0.587. The van der Waals surface area contributed by atoms with Crippen molar-refractivity contribution in [3.8, 4) is 0 Å². The van der Waals surface area contributed by atoms with Crippen molar-refractivity contribution in [2.45, 2.75) is 0 Å². The average Bonchev–Trinajstić information content (AvgIpc) is 2.28. The smallest absolute Gasteiger partial charge is 0.0965 e. The van der Waals surface area contributed by atoms with Crippen LogP contribution in [0.3, 0.4) is 0 Å². The lowest BCUT2D eigenvalue weighted by Gasteiger charge is -2.01. The Morgan fingerprint density at radius 1 is 0.938 bits per heavy atom. The Morgan fingerprint density at radius 2 is 1.69 bits per heavy atom. The molecule has 80 valence electrons. The van der Waals surface area contributed by atoms with E-state index in [1.807, 2.05) is 12.1 Å². The predicted octanol–water partition coefficient (Wildman–Crippen LogP) is 3.97. The lowest BCUT2D eigenvalue weighted by atomic mass is 10.1. The van der Waals surface area contributed by atoms with E-state index in [0.29, 0.717) is 0 Å². The molecule has 0 aliphatic rings. The van der Waals surface area contributed by atoms with Crippen molar-refractivity contribution in [3.05, 3.63) is 47.2 Å². The number of nitrogens with zero attached hydrogens (tertiary/aromatic N) is 2. The first-order valence-corrected chi connectivity index (χ1v) is 5.43. The van der Waals surface area contributed by atoms with Crippen LogP contribution in [0.15, 0.2) is 47.2 Å². The minimum atomic E-state index is 0. The molecule has 0 amide bonds. The Balaban J connectivity index is 0.000000963. The number of hydrogen-bond acceptors (Lipinski definition) is 2. The first kappa shape index (κ1) is 11.3. The van der Waals surface area contributed by atoms with Gasteiger partial charge in [-0.15, -0.1) is 12.4 Å². The van der Waals surface area contributed by atoms with Gasteiger partial charge in [-0.2, -0.15) is 0 Å². The van der Waals surface area contributed by atoms with Crippen LogP contribution >= 0.6 is 28.3 Å². The normalized spacial score (nSPS) is 10.3. The topological polar surface area (TPSA) is 25.8 Å². The fourth-order valence-corrected chi connectivity index (χ4v) is 2.06. The third-order valence-electron chi connectivity index (χ3n) is 2.39. The predicted molar refractivity (Wildman–Crippen MR) is 72.0 cm³/mol. The average molecular weight is 296 g/mol. The number of halogens is 2. The van der Waals surface area contributed by atoms with E-state index in [1.165, 1.54) is 0 Å². The van der Waals surface area contributed by atoms with Gasteiger partial charge in [-0.3, -0.25) is 9.97 Å². The summed E-state index contributed by atoms with van der Waals surface area (Å²) in [4.78, 5) is 8.76. The highest BCUT2D eigenvalue weighted by atomic mass is 79.9. The third kappa shape index (κ3) is 1.77. The lowest BCUT2D eigenvalue weighted by Crippen LogP contribution is -1.84. The van der Waals surface area contributed by atoms with E-state index >= 15 is 0 Å². The summed E-state index contributed by atoms with van der Waals surface area (Å²) in [6.07, 6.45) is 3.60. The number of hydrogen-bond donors (Lipinski definition) is 0. The molecular formula is C12H8BrClN2. The molecule has 3 rings (SSSR count). The van der Waals surface area contributed by atoms with Gasteiger partial charge in [-0.05, 0) is 28.1 Å². The summed E-state index contributed by atoms with van der Waals surface area (Å²) in [5, 5.41) is 2.23. The monoisotopic (exact) mass is 294 g/mol. The molecule has 4 heteroatoms. The van der Waals surface area contributed by atoms with Crippen LogP contribution in [0.5, 0.6) is 0 Å². The second kappa shape index (κ2) is 4.36. The molecule has 2 heterocycles. The van der Waals surface area contributed by atoms with Crippen LogP contribution in [-0.2, 0) is 0 Å². The molecule has 0 unspecified atom stereocenters. The molecule has 1 aromatic carbocycles. The van der Waals surface area contributed by atoms with Crippen LogP contribution in [0, 0.1) is 0 Å². The van der Waals surface area contributed by atoms with Crippen LogP contribution in [0.25, 0.3) is 21.8 Å². The van der Waals surface area contributed by atoms with E-state index in [9.17, 15) is 0 Å². The van der Waals surface area contributed by atoms with Gasteiger partial charge < -0.3 is 0 Å². The minimum Gasteiger partial charge on any atom is -0.254 e.